The fourth-order valence-electron chi connectivity index (χ4n) is 3.07. The van der Waals surface area contributed by atoms with Crippen LogP contribution in [0, 0.1) is 6.42 Å². The van der Waals surface area contributed by atoms with Gasteiger partial charge in [0.05, 0.1) is 0 Å². The summed E-state index contributed by atoms with van der Waals surface area (Å²) in [4.78, 5) is 0. The third-order valence-corrected chi connectivity index (χ3v) is 4.62. The van der Waals surface area contributed by atoms with Crippen LogP contribution in [0.3, 0.4) is 0 Å². The van der Waals surface area contributed by atoms with E-state index in [4.69, 9.17) is 5.73 Å². The summed E-state index contributed by atoms with van der Waals surface area (Å²) < 4.78 is 0. The first-order valence-electron chi connectivity index (χ1n) is 10.4. The maximum Gasteiger partial charge on any atom is -0.00772 e. The van der Waals surface area contributed by atoms with Crippen molar-refractivity contribution in [2.45, 2.75) is 122 Å². The molecule has 0 fully saturated rings. The molecule has 0 saturated carbocycles. The molecule has 2 N–H and O–H groups in total. The molecule has 0 amide bonds. The molecular weight excluding hydrogens is 266 g/mol. The van der Waals surface area contributed by atoms with Gasteiger partial charge in [-0.15, -0.1) is 0 Å². The lowest BCUT2D eigenvalue weighted by atomic mass is 10.0. The van der Waals surface area contributed by atoms with E-state index in [0.29, 0.717) is 0 Å². The predicted octanol–water partition coefficient (Wildman–Crippen LogP) is 7.19. The van der Waals surface area contributed by atoms with Gasteiger partial charge in [0.15, 0.2) is 0 Å². The monoisotopic (exact) mass is 310 g/mol. The standard InChI is InChI=1S/C21H44N/c1-2-3-4-5-6-7-8-9-10-11-12-13-14-15-16-17-18-19-20-21-22/h18H,2-17,19-22H2,1H3. The summed E-state index contributed by atoms with van der Waals surface area (Å²) in [5, 5.41) is 0. The molecule has 1 nitrogen and oxygen atoms in total. The van der Waals surface area contributed by atoms with Crippen LogP contribution in [0.2, 0.25) is 0 Å². The minimum atomic E-state index is 0.843. The van der Waals surface area contributed by atoms with Crippen molar-refractivity contribution in [3.05, 3.63) is 6.42 Å². The van der Waals surface area contributed by atoms with Crippen LogP contribution in [0.1, 0.15) is 122 Å². The van der Waals surface area contributed by atoms with Gasteiger partial charge in [-0.1, -0.05) is 110 Å². The molecule has 0 heterocycles. The fourth-order valence-corrected chi connectivity index (χ4v) is 3.07. The minimum absolute atomic E-state index is 0.843. The van der Waals surface area contributed by atoms with Crippen LogP contribution in [-0.2, 0) is 0 Å². The second-order valence-corrected chi connectivity index (χ2v) is 6.96. The highest BCUT2D eigenvalue weighted by atomic mass is 14.5. The molecule has 133 valence electrons. The van der Waals surface area contributed by atoms with E-state index in [0.717, 1.165) is 6.54 Å². The number of unbranched alkanes of at least 4 members (excludes halogenated alkanes) is 18. The molecule has 1 heteroatoms. The van der Waals surface area contributed by atoms with Crippen LogP contribution in [-0.4, -0.2) is 6.54 Å². The maximum atomic E-state index is 5.48. The molecule has 0 aliphatic heterocycles. The third kappa shape index (κ3) is 20.0. The Hall–Kier alpha value is -0.0400. The van der Waals surface area contributed by atoms with Crippen molar-refractivity contribution in [1.29, 1.82) is 0 Å². The van der Waals surface area contributed by atoms with E-state index in [1.165, 1.54) is 116 Å². The first-order valence-corrected chi connectivity index (χ1v) is 10.4. The topological polar surface area (TPSA) is 26.0 Å². The van der Waals surface area contributed by atoms with Crippen molar-refractivity contribution in [2.75, 3.05) is 6.54 Å². The van der Waals surface area contributed by atoms with Gasteiger partial charge in [-0.2, -0.15) is 0 Å². The van der Waals surface area contributed by atoms with E-state index in [1.54, 1.807) is 0 Å². The first-order chi connectivity index (χ1) is 10.9. The number of hydrogen-bond donors (Lipinski definition) is 1. The van der Waals surface area contributed by atoms with Crippen molar-refractivity contribution in [3.8, 4) is 0 Å². The highest BCUT2D eigenvalue weighted by Crippen LogP contribution is 2.14. The summed E-state index contributed by atoms with van der Waals surface area (Å²) in [7, 11) is 0. The molecule has 0 saturated heterocycles. The van der Waals surface area contributed by atoms with E-state index in [-0.39, 0.29) is 0 Å². The highest BCUT2D eigenvalue weighted by Gasteiger charge is 1.94. The lowest BCUT2D eigenvalue weighted by molar-refractivity contribution is 0.531. The first kappa shape index (κ1) is 22.0. The Morgan fingerprint density at radius 2 is 0.864 bits per heavy atom. The van der Waals surface area contributed by atoms with Crippen molar-refractivity contribution >= 4 is 0 Å². The molecular formula is C21H44N. The summed E-state index contributed by atoms with van der Waals surface area (Å²) >= 11 is 0. The van der Waals surface area contributed by atoms with Crippen molar-refractivity contribution in [1.82, 2.24) is 0 Å². The lowest BCUT2D eigenvalue weighted by Crippen LogP contribution is -1.97. The molecule has 0 bridgehead atoms. The molecule has 0 aromatic rings. The second kappa shape index (κ2) is 21.0. The van der Waals surface area contributed by atoms with Gasteiger partial charge in [0.1, 0.15) is 0 Å². The quantitative estimate of drug-likeness (QED) is 0.251. The number of rotatable bonds is 19. The zero-order valence-corrected chi connectivity index (χ0v) is 15.6. The summed E-state index contributed by atoms with van der Waals surface area (Å²) in [6.45, 7) is 3.14. The van der Waals surface area contributed by atoms with Crippen LogP contribution in [0.15, 0.2) is 0 Å². The zero-order chi connectivity index (χ0) is 16.1. The smallest absolute Gasteiger partial charge is 0.00772 e. The Labute approximate surface area is 141 Å². The van der Waals surface area contributed by atoms with Crippen LogP contribution in [0.4, 0.5) is 0 Å². The van der Waals surface area contributed by atoms with Crippen LogP contribution in [0.5, 0.6) is 0 Å². The van der Waals surface area contributed by atoms with Gasteiger partial charge in [-0.05, 0) is 25.8 Å². The minimum Gasteiger partial charge on any atom is -0.330 e. The van der Waals surface area contributed by atoms with Gasteiger partial charge >= 0.3 is 0 Å². The second-order valence-electron chi connectivity index (χ2n) is 6.96. The predicted molar refractivity (Wildman–Crippen MR) is 102 cm³/mol. The summed E-state index contributed by atoms with van der Waals surface area (Å²) in [6.07, 6.45) is 27.9. The van der Waals surface area contributed by atoms with Crippen molar-refractivity contribution in [3.63, 3.8) is 0 Å². The van der Waals surface area contributed by atoms with Crippen LogP contribution in [0.25, 0.3) is 0 Å². The van der Waals surface area contributed by atoms with Crippen LogP contribution >= 0.6 is 0 Å². The molecule has 22 heavy (non-hydrogen) atoms. The van der Waals surface area contributed by atoms with E-state index in [2.05, 4.69) is 13.3 Å². The molecule has 0 aliphatic rings. The summed E-state index contributed by atoms with van der Waals surface area (Å²) in [5.41, 5.74) is 5.48. The Balaban J connectivity index is 2.91. The van der Waals surface area contributed by atoms with Crippen molar-refractivity contribution < 1.29 is 0 Å². The van der Waals surface area contributed by atoms with E-state index in [9.17, 15) is 0 Å². The largest absolute Gasteiger partial charge is 0.330 e. The summed E-state index contributed by atoms with van der Waals surface area (Å²) in [5.74, 6) is 0. The Bertz CT molecular complexity index is 159. The molecule has 0 spiro atoms. The average molecular weight is 311 g/mol. The number of hydrogen-bond acceptors (Lipinski definition) is 1. The van der Waals surface area contributed by atoms with Gasteiger partial charge in [0, 0.05) is 0 Å². The molecule has 0 aliphatic carbocycles. The zero-order valence-electron chi connectivity index (χ0n) is 15.6. The van der Waals surface area contributed by atoms with Gasteiger partial charge in [-0.25, -0.2) is 0 Å². The Kier molecular flexibility index (Phi) is 20.9. The van der Waals surface area contributed by atoms with Gasteiger partial charge in [0.25, 0.3) is 0 Å². The van der Waals surface area contributed by atoms with E-state index >= 15 is 0 Å². The number of nitrogens with two attached hydrogens (primary N) is 1. The lowest BCUT2D eigenvalue weighted by Gasteiger charge is -2.03. The SMILES string of the molecule is CCCCCCCCCCCCCCCCC[CH]CCCN. The van der Waals surface area contributed by atoms with E-state index in [1.807, 2.05) is 0 Å². The van der Waals surface area contributed by atoms with Gasteiger partial charge in [-0.3, -0.25) is 0 Å². The fraction of sp³-hybridized carbons (Fsp3) is 0.952. The van der Waals surface area contributed by atoms with Crippen LogP contribution < -0.4 is 5.73 Å². The van der Waals surface area contributed by atoms with Gasteiger partial charge < -0.3 is 5.73 Å². The Morgan fingerprint density at radius 1 is 0.500 bits per heavy atom. The third-order valence-electron chi connectivity index (χ3n) is 4.62. The molecule has 0 unspecified atom stereocenters. The highest BCUT2D eigenvalue weighted by molar-refractivity contribution is 4.64. The molecule has 0 aromatic carbocycles. The molecule has 1 radical (unpaired) electrons. The van der Waals surface area contributed by atoms with Crippen molar-refractivity contribution in [2.24, 2.45) is 5.73 Å². The molecule has 0 atom stereocenters. The van der Waals surface area contributed by atoms with Gasteiger partial charge in [0.2, 0.25) is 0 Å². The normalized spacial score (nSPS) is 11.2. The van der Waals surface area contributed by atoms with E-state index < -0.39 is 0 Å². The molecule has 0 aromatic heterocycles. The summed E-state index contributed by atoms with van der Waals surface area (Å²) in [6, 6.07) is 0. The maximum absolute atomic E-state index is 5.48. The average Bonchev–Trinajstić information content (AvgIpc) is 2.54. The Morgan fingerprint density at radius 3 is 1.27 bits per heavy atom. The molecule has 0 rings (SSSR count).